The zero-order valence-corrected chi connectivity index (χ0v) is 15.0. The molecule has 0 aromatic rings. The Bertz CT molecular complexity index is 505. The number of nitrogens with one attached hydrogen (secondary N) is 1. The molecule has 24 heavy (non-hydrogen) atoms. The summed E-state index contributed by atoms with van der Waals surface area (Å²) in [4.78, 5) is 24.3. The van der Waals surface area contributed by atoms with Crippen LogP contribution in [0.2, 0.25) is 0 Å². The number of ether oxygens (including phenoxy) is 2. The van der Waals surface area contributed by atoms with Gasteiger partial charge >= 0.3 is 12.1 Å². The van der Waals surface area contributed by atoms with E-state index in [1.165, 1.54) is 13.5 Å². The van der Waals surface area contributed by atoms with Gasteiger partial charge in [-0.25, -0.2) is 9.59 Å². The smallest absolute Gasteiger partial charge is 0.408 e. The van der Waals surface area contributed by atoms with Crippen molar-refractivity contribution in [1.29, 1.82) is 0 Å². The number of hydrogen-bond donors (Lipinski definition) is 2. The Labute approximate surface area is 143 Å². The molecule has 3 N–H and O–H groups in total. The summed E-state index contributed by atoms with van der Waals surface area (Å²) >= 11 is 0. The number of methoxy groups -OCH3 is 1. The summed E-state index contributed by atoms with van der Waals surface area (Å²) in [6, 6.07) is -0.664. The number of esters is 1. The largest absolute Gasteiger partial charge is 0.467 e. The maximum atomic E-state index is 12.5. The first-order valence-electron chi connectivity index (χ1n) is 9.09. The third-order valence-corrected chi connectivity index (χ3v) is 5.85. The lowest BCUT2D eigenvalue weighted by molar-refractivity contribution is -0.146. The molecule has 4 rings (SSSR count). The van der Waals surface area contributed by atoms with Crippen LogP contribution in [0, 0.1) is 17.8 Å². The second-order valence-corrected chi connectivity index (χ2v) is 8.75. The predicted molar refractivity (Wildman–Crippen MR) is 89.2 cm³/mol. The van der Waals surface area contributed by atoms with Gasteiger partial charge in [-0.3, -0.25) is 0 Å². The molecule has 0 radical (unpaired) electrons. The molecule has 1 amide bonds. The van der Waals surface area contributed by atoms with Crippen LogP contribution < -0.4 is 11.1 Å². The molecule has 136 valence electrons. The molecule has 6 heteroatoms. The predicted octanol–water partition coefficient (Wildman–Crippen LogP) is 2.35. The average molecular weight is 338 g/mol. The zero-order valence-electron chi connectivity index (χ0n) is 15.0. The van der Waals surface area contributed by atoms with Crippen molar-refractivity contribution in [3.05, 3.63) is 0 Å². The molecule has 4 bridgehead atoms. The lowest BCUT2D eigenvalue weighted by Crippen LogP contribution is -2.64. The van der Waals surface area contributed by atoms with Crippen molar-refractivity contribution in [2.75, 3.05) is 7.11 Å². The minimum Gasteiger partial charge on any atom is -0.467 e. The Morgan fingerprint density at radius 3 is 2.33 bits per heavy atom. The van der Waals surface area contributed by atoms with E-state index in [4.69, 9.17) is 15.2 Å². The van der Waals surface area contributed by atoms with E-state index in [-0.39, 0.29) is 11.5 Å². The van der Waals surface area contributed by atoms with Crippen LogP contribution in [0.15, 0.2) is 0 Å². The third kappa shape index (κ3) is 3.53. The van der Waals surface area contributed by atoms with Crippen LogP contribution in [0.25, 0.3) is 0 Å². The maximum absolute atomic E-state index is 12.5. The summed E-state index contributed by atoms with van der Waals surface area (Å²) in [6.45, 7) is 4.00. The molecule has 4 aliphatic rings. The zero-order chi connectivity index (χ0) is 17.5. The fourth-order valence-corrected chi connectivity index (χ4v) is 5.56. The van der Waals surface area contributed by atoms with E-state index in [1.807, 2.05) is 13.8 Å². The molecule has 0 heterocycles. The molecule has 3 atom stereocenters. The molecular formula is C18H30N2O4. The monoisotopic (exact) mass is 338 g/mol. The van der Waals surface area contributed by atoms with Gasteiger partial charge in [0.25, 0.3) is 0 Å². The van der Waals surface area contributed by atoms with Crippen LogP contribution in [0.5, 0.6) is 0 Å². The molecule has 0 aromatic heterocycles. The number of carbonyl (C=O) groups is 2. The van der Waals surface area contributed by atoms with Crippen LogP contribution in [0.3, 0.4) is 0 Å². The Morgan fingerprint density at radius 2 is 1.83 bits per heavy atom. The summed E-state index contributed by atoms with van der Waals surface area (Å²) < 4.78 is 10.7. The van der Waals surface area contributed by atoms with Crippen LogP contribution in [-0.4, -0.2) is 36.4 Å². The van der Waals surface area contributed by atoms with Gasteiger partial charge in [0.2, 0.25) is 0 Å². The van der Waals surface area contributed by atoms with Crippen molar-refractivity contribution < 1.29 is 19.1 Å². The fraction of sp³-hybridized carbons (Fsp3) is 0.889. The van der Waals surface area contributed by atoms with E-state index in [1.54, 1.807) is 0 Å². The molecule has 4 aliphatic carbocycles. The Hall–Kier alpha value is -1.30. The van der Waals surface area contributed by atoms with E-state index in [9.17, 15) is 9.59 Å². The summed E-state index contributed by atoms with van der Waals surface area (Å²) in [5, 5.41) is 2.71. The highest BCUT2D eigenvalue weighted by molar-refractivity contribution is 5.81. The standard InChI is InChI=1S/C18H30N2O4/c1-11(2)4-14(15(21)23-3)20-16(22)24-18-8-12-5-13(9-18)7-17(19,6-12)10-18/h11-14H,4-10,19H2,1-3H3,(H,20,22)/t12?,13?,14-,17?,18?/m0/s1. The molecule has 0 saturated heterocycles. The number of carbonyl (C=O) groups excluding carboxylic acids is 2. The van der Waals surface area contributed by atoms with E-state index in [0.717, 1.165) is 32.1 Å². The molecule has 0 aromatic carbocycles. The number of rotatable bonds is 5. The number of amides is 1. The second-order valence-electron chi connectivity index (χ2n) is 8.75. The lowest BCUT2D eigenvalue weighted by atomic mass is 9.51. The highest BCUT2D eigenvalue weighted by Crippen LogP contribution is 2.57. The van der Waals surface area contributed by atoms with Gasteiger partial charge < -0.3 is 20.5 Å². The minimum atomic E-state index is -0.664. The van der Waals surface area contributed by atoms with Crippen molar-refractivity contribution in [2.24, 2.45) is 23.5 Å². The minimum absolute atomic E-state index is 0.177. The lowest BCUT2D eigenvalue weighted by Gasteiger charge is -2.59. The molecule has 4 saturated carbocycles. The first kappa shape index (κ1) is 17.5. The fourth-order valence-electron chi connectivity index (χ4n) is 5.56. The van der Waals surface area contributed by atoms with Crippen molar-refractivity contribution in [1.82, 2.24) is 5.32 Å². The first-order valence-corrected chi connectivity index (χ1v) is 9.09. The number of hydrogen-bond acceptors (Lipinski definition) is 5. The van der Waals surface area contributed by atoms with Gasteiger partial charge in [-0.1, -0.05) is 13.8 Å². The summed E-state index contributed by atoms with van der Waals surface area (Å²) in [6.07, 6.45) is 5.88. The highest BCUT2D eigenvalue weighted by Gasteiger charge is 2.58. The van der Waals surface area contributed by atoms with Gasteiger partial charge in [-0.15, -0.1) is 0 Å². The van der Waals surface area contributed by atoms with Gasteiger partial charge in [-0.05, 0) is 56.3 Å². The maximum Gasteiger partial charge on any atom is 0.408 e. The van der Waals surface area contributed by atoms with Crippen LogP contribution in [0.1, 0.15) is 58.8 Å². The van der Waals surface area contributed by atoms with Gasteiger partial charge in [-0.2, -0.15) is 0 Å². The van der Waals surface area contributed by atoms with Gasteiger partial charge in [0.15, 0.2) is 0 Å². The topological polar surface area (TPSA) is 90.6 Å². The Morgan fingerprint density at radius 1 is 1.21 bits per heavy atom. The SMILES string of the molecule is COC(=O)[C@H](CC(C)C)NC(=O)OC12CC3CC(CC(N)(C3)C1)C2. The Balaban J connectivity index is 1.65. The van der Waals surface area contributed by atoms with E-state index < -0.39 is 23.7 Å². The average Bonchev–Trinajstić information content (AvgIpc) is 2.41. The molecule has 0 spiro atoms. The van der Waals surface area contributed by atoms with Crippen molar-refractivity contribution >= 4 is 12.1 Å². The van der Waals surface area contributed by atoms with Crippen molar-refractivity contribution in [3.8, 4) is 0 Å². The molecule has 6 nitrogen and oxygen atoms in total. The van der Waals surface area contributed by atoms with Crippen LogP contribution >= 0.6 is 0 Å². The van der Waals surface area contributed by atoms with Gasteiger partial charge in [0, 0.05) is 12.0 Å². The molecule has 0 aliphatic heterocycles. The summed E-state index contributed by atoms with van der Waals surface area (Å²) in [5.74, 6) is 0.968. The second kappa shape index (κ2) is 6.21. The summed E-state index contributed by atoms with van der Waals surface area (Å²) in [5.41, 5.74) is 5.91. The quantitative estimate of drug-likeness (QED) is 0.751. The van der Waals surface area contributed by atoms with Crippen LogP contribution in [-0.2, 0) is 14.3 Å². The van der Waals surface area contributed by atoms with E-state index in [2.05, 4.69) is 5.32 Å². The van der Waals surface area contributed by atoms with Gasteiger partial charge in [0.05, 0.1) is 7.11 Å². The Kier molecular flexibility index (Phi) is 4.53. The summed E-state index contributed by atoms with van der Waals surface area (Å²) in [7, 11) is 1.33. The van der Waals surface area contributed by atoms with Gasteiger partial charge in [0.1, 0.15) is 11.6 Å². The van der Waals surface area contributed by atoms with E-state index in [0.29, 0.717) is 18.3 Å². The van der Waals surface area contributed by atoms with Crippen molar-refractivity contribution in [3.63, 3.8) is 0 Å². The highest BCUT2D eigenvalue weighted by atomic mass is 16.6. The molecule has 2 unspecified atom stereocenters. The first-order chi connectivity index (χ1) is 11.2. The van der Waals surface area contributed by atoms with Crippen LogP contribution in [0.4, 0.5) is 4.79 Å². The number of alkyl carbamates (subject to hydrolysis) is 1. The molecular weight excluding hydrogens is 308 g/mol. The molecule has 4 fully saturated rings. The van der Waals surface area contributed by atoms with E-state index >= 15 is 0 Å². The third-order valence-electron chi connectivity index (χ3n) is 5.85. The van der Waals surface area contributed by atoms with Crippen molar-refractivity contribution in [2.45, 2.75) is 76.0 Å². The number of nitrogens with two attached hydrogens (primary N) is 1. The normalized spacial score (nSPS) is 38.0.